The highest BCUT2D eigenvalue weighted by molar-refractivity contribution is 5.74. The van der Waals surface area contributed by atoms with Crippen LogP contribution in [-0.2, 0) is 6.42 Å². The average Bonchev–Trinajstić information content (AvgIpc) is 2.72. The van der Waals surface area contributed by atoms with E-state index in [-0.39, 0.29) is 18.2 Å². The number of carbonyl (C=O) groups is 1. The number of hydrogen-bond donors (Lipinski definition) is 2. The Kier molecular flexibility index (Phi) is 4.88. The maximum absolute atomic E-state index is 12.3. The van der Waals surface area contributed by atoms with Crippen molar-refractivity contribution in [2.75, 3.05) is 13.6 Å². The molecule has 1 aromatic rings. The molecular formula is C17H26N2O2. The van der Waals surface area contributed by atoms with Crippen LogP contribution in [0.2, 0.25) is 0 Å². The molecule has 21 heavy (non-hydrogen) atoms. The quantitative estimate of drug-likeness (QED) is 0.895. The van der Waals surface area contributed by atoms with E-state index in [9.17, 15) is 9.90 Å². The van der Waals surface area contributed by atoms with Crippen LogP contribution in [0.5, 0.6) is 0 Å². The highest BCUT2D eigenvalue weighted by atomic mass is 16.3. The number of benzene rings is 1. The fourth-order valence-corrected chi connectivity index (χ4v) is 2.91. The second-order valence-electron chi connectivity index (χ2n) is 6.37. The molecule has 2 rings (SSSR count). The molecule has 0 heterocycles. The smallest absolute Gasteiger partial charge is 0.317 e. The van der Waals surface area contributed by atoms with E-state index in [0.717, 1.165) is 6.42 Å². The van der Waals surface area contributed by atoms with Gasteiger partial charge in [-0.2, -0.15) is 0 Å². The molecule has 0 saturated heterocycles. The molecule has 116 valence electrons. The molecule has 0 radical (unpaired) electrons. The maximum atomic E-state index is 12.3. The van der Waals surface area contributed by atoms with Gasteiger partial charge in [-0.1, -0.05) is 30.7 Å². The Morgan fingerprint density at radius 2 is 2.24 bits per heavy atom. The minimum Gasteiger partial charge on any atom is -0.393 e. The average molecular weight is 290 g/mol. The first kappa shape index (κ1) is 15.8. The van der Waals surface area contributed by atoms with E-state index < -0.39 is 0 Å². The number of hydrogen-bond acceptors (Lipinski definition) is 2. The Hall–Kier alpha value is -1.55. The summed E-state index contributed by atoms with van der Waals surface area (Å²) in [6.07, 6.45) is 1.23. The monoisotopic (exact) mass is 290 g/mol. The van der Waals surface area contributed by atoms with E-state index >= 15 is 0 Å². The molecule has 2 N–H and O–H groups in total. The van der Waals surface area contributed by atoms with Gasteiger partial charge in [-0.05, 0) is 43.7 Å². The van der Waals surface area contributed by atoms with Gasteiger partial charge < -0.3 is 15.3 Å². The normalized spacial score (nSPS) is 21.8. The highest BCUT2D eigenvalue weighted by Crippen LogP contribution is 2.36. The number of fused-ring (bicyclic) bond motifs is 1. The van der Waals surface area contributed by atoms with Gasteiger partial charge in [0.05, 0.1) is 12.1 Å². The molecule has 1 aromatic carbocycles. The lowest BCUT2D eigenvalue weighted by atomic mass is 10.0. The first-order chi connectivity index (χ1) is 9.88. The van der Waals surface area contributed by atoms with Crippen molar-refractivity contribution in [2.24, 2.45) is 5.92 Å². The number of carbonyl (C=O) groups excluding carboxylic acids is 1. The fourth-order valence-electron chi connectivity index (χ4n) is 2.91. The Bertz CT molecular complexity index is 514. The van der Waals surface area contributed by atoms with Crippen LogP contribution in [0, 0.1) is 12.8 Å². The van der Waals surface area contributed by atoms with Gasteiger partial charge >= 0.3 is 6.03 Å². The third-order valence-electron chi connectivity index (χ3n) is 4.26. The van der Waals surface area contributed by atoms with Gasteiger partial charge in [0.15, 0.2) is 0 Å². The van der Waals surface area contributed by atoms with Crippen molar-refractivity contribution in [3.8, 4) is 0 Å². The minimum atomic E-state index is -0.381. The van der Waals surface area contributed by atoms with Gasteiger partial charge in [0.25, 0.3) is 0 Å². The second-order valence-corrected chi connectivity index (χ2v) is 6.37. The van der Waals surface area contributed by atoms with Crippen LogP contribution in [0.25, 0.3) is 0 Å². The highest BCUT2D eigenvalue weighted by Gasteiger charge is 2.31. The van der Waals surface area contributed by atoms with Gasteiger partial charge in [-0.25, -0.2) is 4.79 Å². The molecule has 0 saturated carbocycles. The van der Waals surface area contributed by atoms with Gasteiger partial charge in [0, 0.05) is 13.6 Å². The first-order valence-corrected chi connectivity index (χ1v) is 7.67. The third kappa shape index (κ3) is 3.76. The number of aliphatic hydroxyl groups excluding tert-OH is 1. The number of aliphatic hydroxyl groups is 1. The predicted octanol–water partition coefficient (Wildman–Crippen LogP) is 2.64. The van der Waals surface area contributed by atoms with Crippen LogP contribution >= 0.6 is 0 Å². The summed E-state index contributed by atoms with van der Waals surface area (Å²) < 4.78 is 0. The number of rotatable bonds is 4. The molecule has 0 aromatic heterocycles. The van der Waals surface area contributed by atoms with Crippen LogP contribution in [0.4, 0.5) is 4.79 Å². The maximum Gasteiger partial charge on any atom is 0.317 e. The molecule has 4 heteroatoms. The van der Waals surface area contributed by atoms with E-state index in [1.54, 1.807) is 18.9 Å². The van der Waals surface area contributed by atoms with Crippen LogP contribution < -0.4 is 5.32 Å². The SMILES string of the molecule is Cc1ccc2c(c1)C(NC(=O)N(C)CCC(C)O)C(C)C2. The molecule has 0 fully saturated rings. The van der Waals surface area contributed by atoms with E-state index in [4.69, 9.17) is 0 Å². The summed E-state index contributed by atoms with van der Waals surface area (Å²) in [5.41, 5.74) is 3.81. The summed E-state index contributed by atoms with van der Waals surface area (Å²) in [7, 11) is 1.77. The minimum absolute atomic E-state index is 0.0677. The largest absolute Gasteiger partial charge is 0.393 e. The number of nitrogens with zero attached hydrogens (tertiary/aromatic N) is 1. The Balaban J connectivity index is 2.03. The summed E-state index contributed by atoms with van der Waals surface area (Å²) in [6, 6.07) is 6.50. The zero-order chi connectivity index (χ0) is 15.6. The lowest BCUT2D eigenvalue weighted by molar-refractivity contribution is 0.161. The number of urea groups is 1. The summed E-state index contributed by atoms with van der Waals surface area (Å²) in [6.45, 7) is 6.56. The molecule has 0 bridgehead atoms. The van der Waals surface area contributed by atoms with Crippen molar-refractivity contribution in [2.45, 2.75) is 45.8 Å². The van der Waals surface area contributed by atoms with Gasteiger partial charge in [0.2, 0.25) is 0 Å². The Morgan fingerprint density at radius 1 is 1.52 bits per heavy atom. The van der Waals surface area contributed by atoms with Gasteiger partial charge in [-0.3, -0.25) is 0 Å². The van der Waals surface area contributed by atoms with Crippen molar-refractivity contribution < 1.29 is 9.90 Å². The summed E-state index contributed by atoms with van der Waals surface area (Å²) in [5, 5.41) is 12.5. The topological polar surface area (TPSA) is 52.6 Å². The summed E-state index contributed by atoms with van der Waals surface area (Å²) in [5.74, 6) is 0.413. The van der Waals surface area contributed by atoms with Crippen molar-refractivity contribution in [3.63, 3.8) is 0 Å². The van der Waals surface area contributed by atoms with E-state index in [1.165, 1.54) is 16.7 Å². The van der Waals surface area contributed by atoms with E-state index in [2.05, 4.69) is 37.4 Å². The molecule has 2 amide bonds. The lowest BCUT2D eigenvalue weighted by Crippen LogP contribution is -2.41. The molecule has 1 aliphatic rings. The van der Waals surface area contributed by atoms with Crippen LogP contribution in [0.3, 0.4) is 0 Å². The molecule has 3 unspecified atom stereocenters. The third-order valence-corrected chi connectivity index (χ3v) is 4.26. The molecule has 1 aliphatic carbocycles. The van der Waals surface area contributed by atoms with Crippen molar-refractivity contribution >= 4 is 6.03 Å². The van der Waals surface area contributed by atoms with Gasteiger partial charge in [-0.15, -0.1) is 0 Å². The number of aryl methyl sites for hydroxylation is 1. The van der Waals surface area contributed by atoms with Crippen LogP contribution in [0.1, 0.15) is 43.0 Å². The van der Waals surface area contributed by atoms with Gasteiger partial charge in [0.1, 0.15) is 0 Å². The van der Waals surface area contributed by atoms with Crippen molar-refractivity contribution in [1.82, 2.24) is 10.2 Å². The lowest BCUT2D eigenvalue weighted by Gasteiger charge is -2.24. The molecular weight excluding hydrogens is 264 g/mol. The Labute approximate surface area is 127 Å². The molecule has 4 nitrogen and oxygen atoms in total. The second kappa shape index (κ2) is 6.48. The molecule has 0 aliphatic heterocycles. The van der Waals surface area contributed by atoms with E-state index in [1.807, 2.05) is 0 Å². The first-order valence-electron chi connectivity index (χ1n) is 7.67. The molecule has 3 atom stereocenters. The number of nitrogens with one attached hydrogen (secondary N) is 1. The summed E-state index contributed by atoms with van der Waals surface area (Å²) in [4.78, 5) is 13.9. The Morgan fingerprint density at radius 3 is 2.90 bits per heavy atom. The number of amides is 2. The zero-order valence-electron chi connectivity index (χ0n) is 13.4. The van der Waals surface area contributed by atoms with Crippen LogP contribution in [0.15, 0.2) is 18.2 Å². The fraction of sp³-hybridized carbons (Fsp3) is 0.588. The van der Waals surface area contributed by atoms with Crippen molar-refractivity contribution in [3.05, 3.63) is 34.9 Å². The van der Waals surface area contributed by atoms with Crippen LogP contribution in [-0.4, -0.2) is 35.7 Å². The predicted molar refractivity (Wildman–Crippen MR) is 84.2 cm³/mol. The zero-order valence-corrected chi connectivity index (χ0v) is 13.4. The standard InChI is InChI=1S/C17H26N2O2/c1-11-5-6-14-10-12(2)16(15(14)9-11)18-17(21)19(4)8-7-13(3)20/h5-6,9,12-13,16,20H,7-8,10H2,1-4H3,(H,18,21). The molecule has 0 spiro atoms. The van der Waals surface area contributed by atoms with E-state index in [0.29, 0.717) is 18.9 Å². The summed E-state index contributed by atoms with van der Waals surface area (Å²) >= 11 is 0. The van der Waals surface area contributed by atoms with Crippen molar-refractivity contribution in [1.29, 1.82) is 0 Å².